The van der Waals surface area contributed by atoms with Crippen LogP contribution in [0.1, 0.15) is 32.3 Å². The van der Waals surface area contributed by atoms with Crippen LogP contribution >= 0.6 is 0 Å². The first-order chi connectivity index (χ1) is 10.1. The molecule has 1 fully saturated rings. The molecule has 1 amide bonds. The molecule has 0 spiro atoms. The maximum atomic E-state index is 12.3. The predicted molar refractivity (Wildman–Crippen MR) is 82.3 cm³/mol. The highest BCUT2D eigenvalue weighted by atomic mass is 16.5. The maximum Gasteiger partial charge on any atom is 0.227 e. The van der Waals surface area contributed by atoms with E-state index in [2.05, 4.69) is 6.92 Å². The van der Waals surface area contributed by atoms with E-state index in [0.29, 0.717) is 19.6 Å². The van der Waals surface area contributed by atoms with E-state index in [1.807, 2.05) is 29.2 Å². The second-order valence-electron chi connectivity index (χ2n) is 5.80. The summed E-state index contributed by atoms with van der Waals surface area (Å²) in [4.78, 5) is 14.2. The molecule has 2 atom stereocenters. The minimum Gasteiger partial charge on any atom is -0.494 e. The summed E-state index contributed by atoms with van der Waals surface area (Å²) < 4.78 is 5.59. The number of likely N-dealkylation sites (tertiary alicyclic amines) is 1. The highest BCUT2D eigenvalue weighted by Crippen LogP contribution is 2.21. The van der Waals surface area contributed by atoms with Gasteiger partial charge in [-0.2, -0.15) is 0 Å². The Balaban J connectivity index is 1.91. The van der Waals surface area contributed by atoms with Crippen LogP contribution in [0.3, 0.4) is 0 Å². The summed E-state index contributed by atoms with van der Waals surface area (Å²) >= 11 is 0. The molecule has 0 saturated carbocycles. The van der Waals surface area contributed by atoms with Gasteiger partial charge in [0, 0.05) is 19.0 Å². The van der Waals surface area contributed by atoms with Crippen molar-refractivity contribution >= 4 is 5.91 Å². The molecular formula is C17H25NO3. The van der Waals surface area contributed by atoms with Crippen molar-refractivity contribution in [2.45, 2.75) is 39.2 Å². The number of carbonyl (C=O) groups is 1. The van der Waals surface area contributed by atoms with Gasteiger partial charge in [0.25, 0.3) is 0 Å². The summed E-state index contributed by atoms with van der Waals surface area (Å²) in [6.07, 6.45) is 1.92. The first kappa shape index (κ1) is 15.8. The average Bonchev–Trinajstić information content (AvgIpc) is 2.95. The SMILES string of the molecule is CCCOc1cccc(CC(=O)N2CCC(C(C)O)C2)c1. The molecule has 1 aliphatic heterocycles. The Morgan fingerprint density at radius 2 is 2.33 bits per heavy atom. The van der Waals surface area contributed by atoms with E-state index in [4.69, 9.17) is 4.74 Å². The zero-order chi connectivity index (χ0) is 15.2. The van der Waals surface area contributed by atoms with Crippen molar-refractivity contribution in [2.24, 2.45) is 5.92 Å². The molecule has 1 aromatic rings. The van der Waals surface area contributed by atoms with Gasteiger partial charge in [0.15, 0.2) is 0 Å². The van der Waals surface area contributed by atoms with Crippen LogP contribution in [0.4, 0.5) is 0 Å². The summed E-state index contributed by atoms with van der Waals surface area (Å²) in [6, 6.07) is 7.74. The zero-order valence-electron chi connectivity index (χ0n) is 12.9. The third kappa shape index (κ3) is 4.46. The highest BCUT2D eigenvalue weighted by Gasteiger charge is 2.28. The van der Waals surface area contributed by atoms with Crippen LogP contribution in [0.2, 0.25) is 0 Å². The summed E-state index contributed by atoms with van der Waals surface area (Å²) in [5.41, 5.74) is 0.981. The van der Waals surface area contributed by atoms with Gasteiger partial charge in [-0.3, -0.25) is 4.79 Å². The predicted octanol–water partition coefficient (Wildman–Crippen LogP) is 2.25. The molecule has 21 heavy (non-hydrogen) atoms. The first-order valence-electron chi connectivity index (χ1n) is 7.77. The fourth-order valence-electron chi connectivity index (χ4n) is 2.66. The van der Waals surface area contributed by atoms with Crippen molar-refractivity contribution in [3.8, 4) is 5.75 Å². The molecule has 0 radical (unpaired) electrons. The van der Waals surface area contributed by atoms with Crippen LogP contribution in [0.25, 0.3) is 0 Å². The van der Waals surface area contributed by atoms with Gasteiger partial charge in [0.1, 0.15) is 5.75 Å². The standard InChI is InChI=1S/C17H25NO3/c1-3-9-21-16-6-4-5-14(10-16)11-17(20)18-8-7-15(12-18)13(2)19/h4-6,10,13,15,19H,3,7-9,11-12H2,1-2H3. The van der Waals surface area contributed by atoms with E-state index in [-0.39, 0.29) is 17.9 Å². The number of nitrogens with zero attached hydrogens (tertiary/aromatic N) is 1. The summed E-state index contributed by atoms with van der Waals surface area (Å²) in [6.45, 7) is 5.98. The minimum absolute atomic E-state index is 0.130. The molecule has 1 saturated heterocycles. The first-order valence-corrected chi connectivity index (χ1v) is 7.77. The average molecular weight is 291 g/mol. The van der Waals surface area contributed by atoms with Gasteiger partial charge in [-0.05, 0) is 37.5 Å². The molecule has 0 aliphatic carbocycles. The molecule has 1 aromatic carbocycles. The molecule has 0 aromatic heterocycles. The molecule has 1 N–H and O–H groups in total. The van der Waals surface area contributed by atoms with Crippen LogP contribution < -0.4 is 4.74 Å². The Kier molecular flexibility index (Phi) is 5.62. The van der Waals surface area contributed by atoms with Crippen molar-refractivity contribution in [3.63, 3.8) is 0 Å². The second-order valence-corrected chi connectivity index (χ2v) is 5.80. The summed E-state index contributed by atoms with van der Waals surface area (Å²) in [7, 11) is 0. The number of ether oxygens (including phenoxy) is 1. The Morgan fingerprint density at radius 1 is 1.52 bits per heavy atom. The Bertz CT molecular complexity index is 473. The lowest BCUT2D eigenvalue weighted by molar-refractivity contribution is -0.129. The topological polar surface area (TPSA) is 49.8 Å². The lowest BCUT2D eigenvalue weighted by atomic mass is 10.0. The Labute approximate surface area is 126 Å². The lowest BCUT2D eigenvalue weighted by Gasteiger charge is -2.18. The number of hydrogen-bond acceptors (Lipinski definition) is 3. The normalized spacial score (nSPS) is 19.6. The summed E-state index contributed by atoms with van der Waals surface area (Å²) in [5, 5.41) is 9.61. The number of aliphatic hydroxyl groups is 1. The second kappa shape index (κ2) is 7.46. The molecule has 0 bridgehead atoms. The number of benzene rings is 1. The number of rotatable bonds is 6. The zero-order valence-corrected chi connectivity index (χ0v) is 12.9. The van der Waals surface area contributed by atoms with E-state index in [0.717, 1.165) is 30.7 Å². The minimum atomic E-state index is -0.339. The Morgan fingerprint density at radius 3 is 3.00 bits per heavy atom. The highest BCUT2D eigenvalue weighted by molar-refractivity contribution is 5.79. The van der Waals surface area contributed by atoms with E-state index in [1.165, 1.54) is 0 Å². The molecule has 2 unspecified atom stereocenters. The maximum absolute atomic E-state index is 12.3. The van der Waals surface area contributed by atoms with E-state index < -0.39 is 0 Å². The quantitative estimate of drug-likeness (QED) is 0.874. The number of aliphatic hydroxyl groups excluding tert-OH is 1. The van der Waals surface area contributed by atoms with E-state index in [9.17, 15) is 9.90 Å². The van der Waals surface area contributed by atoms with Gasteiger partial charge in [-0.1, -0.05) is 19.1 Å². The molecule has 116 valence electrons. The largest absolute Gasteiger partial charge is 0.494 e. The monoisotopic (exact) mass is 291 g/mol. The van der Waals surface area contributed by atoms with Crippen LogP contribution in [-0.4, -0.2) is 41.7 Å². The number of hydrogen-bond donors (Lipinski definition) is 1. The third-order valence-corrected chi connectivity index (χ3v) is 3.99. The number of carbonyl (C=O) groups excluding carboxylic acids is 1. The molecular weight excluding hydrogens is 266 g/mol. The van der Waals surface area contributed by atoms with E-state index >= 15 is 0 Å². The van der Waals surface area contributed by atoms with Crippen molar-refractivity contribution in [3.05, 3.63) is 29.8 Å². The third-order valence-electron chi connectivity index (χ3n) is 3.99. The lowest BCUT2D eigenvalue weighted by Crippen LogP contribution is -2.31. The van der Waals surface area contributed by atoms with Gasteiger partial charge >= 0.3 is 0 Å². The van der Waals surface area contributed by atoms with E-state index in [1.54, 1.807) is 6.92 Å². The van der Waals surface area contributed by atoms with Crippen molar-refractivity contribution in [2.75, 3.05) is 19.7 Å². The van der Waals surface area contributed by atoms with Crippen LogP contribution in [0.5, 0.6) is 5.75 Å². The number of amides is 1. The van der Waals surface area contributed by atoms with Crippen molar-refractivity contribution < 1.29 is 14.6 Å². The van der Waals surface area contributed by atoms with Crippen LogP contribution in [-0.2, 0) is 11.2 Å². The fraction of sp³-hybridized carbons (Fsp3) is 0.588. The molecule has 1 heterocycles. The van der Waals surface area contributed by atoms with Gasteiger partial charge in [0.05, 0.1) is 19.1 Å². The van der Waals surface area contributed by atoms with Crippen molar-refractivity contribution in [1.29, 1.82) is 0 Å². The fourth-order valence-corrected chi connectivity index (χ4v) is 2.66. The molecule has 1 aliphatic rings. The molecule has 2 rings (SSSR count). The van der Waals surface area contributed by atoms with Crippen LogP contribution in [0, 0.1) is 5.92 Å². The molecule has 4 nitrogen and oxygen atoms in total. The smallest absolute Gasteiger partial charge is 0.227 e. The molecule has 4 heteroatoms. The van der Waals surface area contributed by atoms with Gasteiger partial charge in [-0.25, -0.2) is 0 Å². The van der Waals surface area contributed by atoms with Gasteiger partial charge < -0.3 is 14.7 Å². The Hall–Kier alpha value is -1.55. The van der Waals surface area contributed by atoms with Crippen molar-refractivity contribution in [1.82, 2.24) is 4.90 Å². The summed E-state index contributed by atoms with van der Waals surface area (Å²) in [5.74, 6) is 1.17. The van der Waals surface area contributed by atoms with Crippen LogP contribution in [0.15, 0.2) is 24.3 Å². The van der Waals surface area contributed by atoms with Gasteiger partial charge in [-0.15, -0.1) is 0 Å². The van der Waals surface area contributed by atoms with Gasteiger partial charge in [0.2, 0.25) is 5.91 Å².